The molecule has 0 spiro atoms. The molecule has 28 heavy (non-hydrogen) atoms. The van der Waals surface area contributed by atoms with Gasteiger partial charge in [-0.05, 0) is 49.2 Å². The standard InChI is InChI=1S/C23H29N3O2/c1-23(2,26-9-11-27-12-10-26)18-25-16-20-6-4-8-22(14-20)28-17-21-7-3-5-19(13-21)15-24/h3-8,13-14,25H,9-12,16-18H2,1-2H3. The van der Waals surface area contributed by atoms with Gasteiger partial charge in [0.1, 0.15) is 12.4 Å². The lowest BCUT2D eigenvalue weighted by molar-refractivity contribution is -0.00967. The maximum atomic E-state index is 9.00. The van der Waals surface area contributed by atoms with Gasteiger partial charge in [0.15, 0.2) is 0 Å². The lowest BCUT2D eigenvalue weighted by Crippen LogP contribution is -2.54. The first-order valence-electron chi connectivity index (χ1n) is 9.81. The third-order valence-corrected chi connectivity index (χ3v) is 5.11. The molecule has 0 atom stereocenters. The van der Waals surface area contributed by atoms with Crippen molar-refractivity contribution in [3.63, 3.8) is 0 Å². The number of nitriles is 1. The highest BCUT2D eigenvalue weighted by Crippen LogP contribution is 2.18. The van der Waals surface area contributed by atoms with E-state index >= 15 is 0 Å². The lowest BCUT2D eigenvalue weighted by Gasteiger charge is -2.41. The smallest absolute Gasteiger partial charge is 0.120 e. The summed E-state index contributed by atoms with van der Waals surface area (Å²) < 4.78 is 11.4. The van der Waals surface area contributed by atoms with Crippen LogP contribution in [0.15, 0.2) is 48.5 Å². The molecule has 1 fully saturated rings. The fourth-order valence-corrected chi connectivity index (χ4v) is 3.44. The van der Waals surface area contributed by atoms with Gasteiger partial charge in [0.05, 0.1) is 24.8 Å². The SMILES string of the molecule is CC(C)(CNCc1cccc(OCc2cccc(C#N)c2)c1)N1CCOCC1. The molecule has 1 saturated heterocycles. The van der Waals surface area contributed by atoms with Gasteiger partial charge in [0.2, 0.25) is 0 Å². The number of hydrogen-bond donors (Lipinski definition) is 1. The Morgan fingerprint density at radius 3 is 2.64 bits per heavy atom. The van der Waals surface area contributed by atoms with Crippen molar-refractivity contribution in [2.24, 2.45) is 0 Å². The van der Waals surface area contributed by atoms with Gasteiger partial charge < -0.3 is 14.8 Å². The molecule has 5 nitrogen and oxygen atoms in total. The van der Waals surface area contributed by atoms with Crippen LogP contribution in [0.2, 0.25) is 0 Å². The van der Waals surface area contributed by atoms with Crippen LogP contribution in [0.5, 0.6) is 5.75 Å². The Morgan fingerprint density at radius 1 is 1.11 bits per heavy atom. The molecule has 0 unspecified atom stereocenters. The van der Waals surface area contributed by atoms with Gasteiger partial charge in [-0.2, -0.15) is 5.26 Å². The summed E-state index contributed by atoms with van der Waals surface area (Å²) in [6.45, 7) is 10.3. The molecular weight excluding hydrogens is 350 g/mol. The molecule has 148 valence electrons. The molecule has 1 heterocycles. The largest absolute Gasteiger partial charge is 0.489 e. The molecule has 0 aliphatic carbocycles. The van der Waals surface area contributed by atoms with Crippen LogP contribution in [0.4, 0.5) is 0 Å². The van der Waals surface area contributed by atoms with Gasteiger partial charge >= 0.3 is 0 Å². The molecule has 1 aliphatic rings. The summed E-state index contributed by atoms with van der Waals surface area (Å²) in [7, 11) is 0. The van der Waals surface area contributed by atoms with Crippen molar-refractivity contribution in [3.8, 4) is 11.8 Å². The highest BCUT2D eigenvalue weighted by molar-refractivity contribution is 5.33. The Balaban J connectivity index is 1.49. The molecule has 5 heteroatoms. The van der Waals surface area contributed by atoms with Crippen LogP contribution in [-0.4, -0.2) is 43.3 Å². The Labute approximate surface area is 167 Å². The van der Waals surface area contributed by atoms with Crippen LogP contribution in [-0.2, 0) is 17.9 Å². The molecule has 0 bridgehead atoms. The first kappa shape index (κ1) is 20.3. The molecule has 2 aromatic carbocycles. The maximum Gasteiger partial charge on any atom is 0.120 e. The summed E-state index contributed by atoms with van der Waals surface area (Å²) in [6.07, 6.45) is 0. The monoisotopic (exact) mass is 379 g/mol. The molecule has 1 aliphatic heterocycles. The normalized spacial score (nSPS) is 15.2. The zero-order valence-corrected chi connectivity index (χ0v) is 16.8. The van der Waals surface area contributed by atoms with Crippen molar-refractivity contribution < 1.29 is 9.47 Å². The fraction of sp³-hybridized carbons (Fsp3) is 0.435. The number of benzene rings is 2. The topological polar surface area (TPSA) is 57.5 Å². The average Bonchev–Trinajstić information content (AvgIpc) is 2.73. The number of ether oxygens (including phenoxy) is 2. The maximum absolute atomic E-state index is 9.00. The number of morpholine rings is 1. The van der Waals surface area contributed by atoms with Crippen molar-refractivity contribution in [1.29, 1.82) is 5.26 Å². The van der Waals surface area contributed by atoms with Crippen molar-refractivity contribution in [3.05, 3.63) is 65.2 Å². The Kier molecular flexibility index (Phi) is 7.05. The number of rotatable bonds is 8. The molecular formula is C23H29N3O2. The van der Waals surface area contributed by atoms with Crippen LogP contribution in [0.1, 0.15) is 30.5 Å². The van der Waals surface area contributed by atoms with E-state index in [0.717, 1.165) is 50.7 Å². The Bertz CT molecular complexity index is 807. The summed E-state index contributed by atoms with van der Waals surface area (Å²) in [5, 5.41) is 12.6. The second-order valence-corrected chi connectivity index (χ2v) is 7.76. The van der Waals surface area contributed by atoms with E-state index in [1.807, 2.05) is 30.3 Å². The van der Waals surface area contributed by atoms with E-state index < -0.39 is 0 Å². The summed E-state index contributed by atoms with van der Waals surface area (Å²) in [5.41, 5.74) is 2.95. The number of nitrogens with one attached hydrogen (secondary N) is 1. The van der Waals surface area contributed by atoms with Crippen LogP contribution < -0.4 is 10.1 Å². The number of nitrogens with zero attached hydrogens (tertiary/aromatic N) is 2. The van der Waals surface area contributed by atoms with Crippen molar-refractivity contribution >= 4 is 0 Å². The second-order valence-electron chi connectivity index (χ2n) is 7.76. The predicted octanol–water partition coefficient (Wildman–Crippen LogP) is 3.34. The van der Waals surface area contributed by atoms with Crippen molar-refractivity contribution in [1.82, 2.24) is 10.2 Å². The molecule has 0 amide bonds. The van der Waals surface area contributed by atoms with Gasteiger partial charge in [0.25, 0.3) is 0 Å². The van der Waals surface area contributed by atoms with E-state index in [0.29, 0.717) is 12.2 Å². The summed E-state index contributed by atoms with van der Waals surface area (Å²) >= 11 is 0. The van der Waals surface area contributed by atoms with Crippen LogP contribution in [0.25, 0.3) is 0 Å². The van der Waals surface area contributed by atoms with Crippen LogP contribution >= 0.6 is 0 Å². The van der Waals surface area contributed by atoms with Gasteiger partial charge in [-0.1, -0.05) is 24.3 Å². The highest BCUT2D eigenvalue weighted by Gasteiger charge is 2.27. The molecule has 0 radical (unpaired) electrons. The molecule has 0 aromatic heterocycles. The summed E-state index contributed by atoms with van der Waals surface area (Å²) in [6, 6.07) is 17.8. The minimum Gasteiger partial charge on any atom is -0.489 e. The second kappa shape index (κ2) is 9.70. The van der Waals surface area contributed by atoms with Crippen molar-refractivity contribution in [2.75, 3.05) is 32.8 Å². The van der Waals surface area contributed by atoms with E-state index in [1.54, 1.807) is 6.07 Å². The van der Waals surface area contributed by atoms with E-state index in [2.05, 4.69) is 42.3 Å². The van der Waals surface area contributed by atoms with Crippen LogP contribution in [0.3, 0.4) is 0 Å². The van der Waals surface area contributed by atoms with Gasteiger partial charge in [-0.3, -0.25) is 4.90 Å². The molecule has 3 rings (SSSR count). The van der Waals surface area contributed by atoms with Crippen molar-refractivity contribution in [2.45, 2.75) is 32.5 Å². The molecule has 0 saturated carbocycles. The lowest BCUT2D eigenvalue weighted by atomic mass is 10.0. The fourth-order valence-electron chi connectivity index (χ4n) is 3.44. The molecule has 2 aromatic rings. The van der Waals surface area contributed by atoms with E-state index in [-0.39, 0.29) is 5.54 Å². The Morgan fingerprint density at radius 2 is 1.86 bits per heavy atom. The molecule has 1 N–H and O–H groups in total. The summed E-state index contributed by atoms with van der Waals surface area (Å²) in [4.78, 5) is 2.48. The first-order valence-corrected chi connectivity index (χ1v) is 9.81. The zero-order valence-electron chi connectivity index (χ0n) is 16.8. The zero-order chi connectivity index (χ0) is 19.8. The van der Waals surface area contributed by atoms with Crippen LogP contribution in [0, 0.1) is 11.3 Å². The van der Waals surface area contributed by atoms with Gasteiger partial charge in [0, 0.05) is 31.7 Å². The van der Waals surface area contributed by atoms with E-state index in [9.17, 15) is 0 Å². The minimum atomic E-state index is 0.101. The first-order chi connectivity index (χ1) is 13.6. The van der Waals surface area contributed by atoms with Gasteiger partial charge in [-0.25, -0.2) is 0 Å². The Hall–Kier alpha value is -2.39. The van der Waals surface area contributed by atoms with E-state index in [1.165, 1.54) is 5.56 Å². The summed E-state index contributed by atoms with van der Waals surface area (Å²) in [5.74, 6) is 0.842. The van der Waals surface area contributed by atoms with E-state index in [4.69, 9.17) is 14.7 Å². The quantitative estimate of drug-likeness (QED) is 0.762. The third kappa shape index (κ3) is 5.80. The average molecular weight is 380 g/mol. The highest BCUT2D eigenvalue weighted by atomic mass is 16.5. The predicted molar refractivity (Wildman–Crippen MR) is 110 cm³/mol. The minimum absolute atomic E-state index is 0.101. The van der Waals surface area contributed by atoms with Gasteiger partial charge in [-0.15, -0.1) is 0 Å². The number of hydrogen-bond acceptors (Lipinski definition) is 5. The third-order valence-electron chi connectivity index (χ3n) is 5.11.